The summed E-state index contributed by atoms with van der Waals surface area (Å²) in [4.78, 5) is 47.7. The molecule has 0 fully saturated rings. The zero-order valence-electron chi connectivity index (χ0n) is 25.3. The number of carbonyl (C=O) groups is 4. The molecule has 0 atom stereocenters. The molecule has 0 bridgehead atoms. The molecule has 0 saturated heterocycles. The maximum Gasteiger partial charge on any atom is 0.343 e. The second-order valence-electron chi connectivity index (χ2n) is 9.78. The molecule has 0 aromatic heterocycles. The predicted molar refractivity (Wildman–Crippen MR) is 161 cm³/mol. The van der Waals surface area contributed by atoms with Gasteiger partial charge in [-0.25, -0.2) is 28.0 Å². The van der Waals surface area contributed by atoms with Gasteiger partial charge in [-0.15, -0.1) is 0 Å². The van der Waals surface area contributed by atoms with Crippen LogP contribution in [0.4, 0.5) is 8.78 Å². The van der Waals surface area contributed by atoms with Gasteiger partial charge >= 0.3 is 23.9 Å². The molecule has 3 aromatic rings. The summed E-state index contributed by atoms with van der Waals surface area (Å²) in [5.74, 6) is -5.99. The van der Waals surface area contributed by atoms with Gasteiger partial charge in [0.05, 0.1) is 37.6 Å². The van der Waals surface area contributed by atoms with E-state index in [1.54, 1.807) is 13.8 Å². The van der Waals surface area contributed by atoms with Crippen LogP contribution in [0.25, 0.3) is 0 Å². The lowest BCUT2D eigenvalue weighted by atomic mass is 10.2. The summed E-state index contributed by atoms with van der Waals surface area (Å²) in [6.45, 7) is 10.9. The van der Waals surface area contributed by atoms with Crippen molar-refractivity contribution in [3.05, 3.63) is 108 Å². The highest BCUT2D eigenvalue weighted by atomic mass is 19.1. The van der Waals surface area contributed by atoms with Gasteiger partial charge in [0.15, 0.2) is 11.6 Å². The number of esters is 4. The minimum absolute atomic E-state index is 0.00400. The second-order valence-corrected chi connectivity index (χ2v) is 9.78. The predicted octanol–water partition coefficient (Wildman–Crippen LogP) is 6.18. The van der Waals surface area contributed by atoms with Crippen LogP contribution in [-0.2, 0) is 19.1 Å². The molecule has 0 saturated carbocycles. The van der Waals surface area contributed by atoms with Gasteiger partial charge in [-0.2, -0.15) is 0 Å². The molecule has 46 heavy (non-hydrogen) atoms. The third-order valence-corrected chi connectivity index (χ3v) is 5.84. The largest absolute Gasteiger partial charge is 0.493 e. The highest BCUT2D eigenvalue weighted by molar-refractivity contribution is 5.92. The molecule has 0 N–H and O–H groups in total. The van der Waals surface area contributed by atoms with Crippen molar-refractivity contribution in [1.29, 1.82) is 0 Å². The van der Waals surface area contributed by atoms with Crippen LogP contribution in [0.5, 0.6) is 23.0 Å². The molecule has 3 aromatic carbocycles. The Hall–Kier alpha value is -5.52. The van der Waals surface area contributed by atoms with Gasteiger partial charge in [0.1, 0.15) is 17.2 Å². The van der Waals surface area contributed by atoms with Crippen molar-refractivity contribution in [2.45, 2.75) is 26.7 Å². The standard InChI is InChI=1S/C34H32F2O10/c1-21(2)31(37)43-17-5-15-41-25-11-7-23(8-12-25)33(39)45-27-19-28(35)30(29(36)20-27)46-34(40)24-9-13-26(14-10-24)42-16-6-18-44-32(38)22(3)4/h7-14,19-20H,1,3,5-6,15-18H2,2,4H3. The van der Waals surface area contributed by atoms with E-state index >= 15 is 0 Å². The molecule has 0 spiro atoms. The third-order valence-electron chi connectivity index (χ3n) is 5.84. The van der Waals surface area contributed by atoms with Gasteiger partial charge in [-0.05, 0) is 62.4 Å². The Balaban J connectivity index is 1.48. The molecule has 0 radical (unpaired) electrons. The maximum absolute atomic E-state index is 14.7. The van der Waals surface area contributed by atoms with Gasteiger partial charge in [0, 0.05) is 36.1 Å². The maximum atomic E-state index is 14.7. The fourth-order valence-electron chi connectivity index (χ4n) is 3.46. The highest BCUT2D eigenvalue weighted by Gasteiger charge is 2.20. The first-order chi connectivity index (χ1) is 21.9. The van der Waals surface area contributed by atoms with Crippen LogP contribution >= 0.6 is 0 Å². The quantitative estimate of drug-likeness (QED) is 0.0778. The average molecular weight is 639 g/mol. The molecule has 0 heterocycles. The number of benzene rings is 3. The van der Waals surface area contributed by atoms with Crippen molar-refractivity contribution in [3.63, 3.8) is 0 Å². The van der Waals surface area contributed by atoms with E-state index in [9.17, 15) is 28.0 Å². The van der Waals surface area contributed by atoms with E-state index in [2.05, 4.69) is 13.2 Å². The Morgan fingerprint density at radius 3 is 1.37 bits per heavy atom. The second kappa shape index (κ2) is 17.1. The van der Waals surface area contributed by atoms with Crippen LogP contribution < -0.4 is 18.9 Å². The van der Waals surface area contributed by atoms with Gasteiger partial charge < -0.3 is 28.4 Å². The average Bonchev–Trinajstić information content (AvgIpc) is 3.02. The summed E-state index contributed by atoms with van der Waals surface area (Å²) in [6, 6.07) is 12.9. The fraction of sp³-hybridized carbons (Fsp3) is 0.235. The van der Waals surface area contributed by atoms with Crippen LogP contribution in [-0.4, -0.2) is 50.3 Å². The smallest absolute Gasteiger partial charge is 0.343 e. The van der Waals surface area contributed by atoms with Gasteiger partial charge in [0.25, 0.3) is 0 Å². The molecule has 3 rings (SSSR count). The van der Waals surface area contributed by atoms with Crippen molar-refractivity contribution in [2.75, 3.05) is 26.4 Å². The number of carbonyl (C=O) groups excluding carboxylic acids is 4. The van der Waals surface area contributed by atoms with E-state index in [1.165, 1.54) is 48.5 Å². The first-order valence-electron chi connectivity index (χ1n) is 14.0. The topological polar surface area (TPSA) is 124 Å². The Labute approximate surface area is 264 Å². The summed E-state index contributed by atoms with van der Waals surface area (Å²) in [5, 5.41) is 0. The Morgan fingerprint density at radius 2 is 0.978 bits per heavy atom. The SMILES string of the molecule is C=C(C)C(=O)OCCCOc1ccc(C(=O)Oc2cc(F)c(OC(=O)c3ccc(OCCCOC(=O)C(=C)C)cc3)c(F)c2)cc1. The van der Waals surface area contributed by atoms with E-state index in [1.807, 2.05) is 0 Å². The summed E-state index contributed by atoms with van der Waals surface area (Å²) < 4.78 is 60.4. The minimum Gasteiger partial charge on any atom is -0.493 e. The molecule has 12 heteroatoms. The molecule has 0 unspecified atom stereocenters. The molecule has 242 valence electrons. The van der Waals surface area contributed by atoms with Crippen LogP contribution in [0.1, 0.15) is 47.4 Å². The van der Waals surface area contributed by atoms with Gasteiger partial charge in [-0.1, -0.05) is 13.2 Å². The lowest BCUT2D eigenvalue weighted by Gasteiger charge is -2.11. The van der Waals surface area contributed by atoms with Crippen molar-refractivity contribution in [1.82, 2.24) is 0 Å². The number of rotatable bonds is 16. The molecule has 0 aliphatic carbocycles. The number of ether oxygens (including phenoxy) is 6. The molecular weight excluding hydrogens is 606 g/mol. The van der Waals surface area contributed by atoms with E-state index in [0.29, 0.717) is 47.6 Å². The molecular formula is C34H32F2O10. The van der Waals surface area contributed by atoms with Crippen molar-refractivity contribution < 1.29 is 56.4 Å². The molecule has 0 aliphatic rings. The van der Waals surface area contributed by atoms with Crippen molar-refractivity contribution >= 4 is 23.9 Å². The number of halogens is 2. The summed E-state index contributed by atoms with van der Waals surface area (Å²) >= 11 is 0. The van der Waals surface area contributed by atoms with E-state index in [4.69, 9.17) is 28.4 Å². The van der Waals surface area contributed by atoms with Crippen LogP contribution in [0.2, 0.25) is 0 Å². The van der Waals surface area contributed by atoms with Gasteiger partial charge in [-0.3, -0.25) is 0 Å². The Kier molecular flexibility index (Phi) is 13.0. The van der Waals surface area contributed by atoms with Crippen molar-refractivity contribution in [3.8, 4) is 23.0 Å². The zero-order chi connectivity index (χ0) is 33.6. The lowest BCUT2D eigenvalue weighted by molar-refractivity contribution is -0.140. The monoisotopic (exact) mass is 638 g/mol. The van der Waals surface area contributed by atoms with Crippen molar-refractivity contribution in [2.24, 2.45) is 0 Å². The minimum atomic E-state index is -1.26. The van der Waals surface area contributed by atoms with E-state index < -0.39 is 47.0 Å². The molecule has 10 nitrogen and oxygen atoms in total. The van der Waals surface area contributed by atoms with E-state index in [-0.39, 0.29) is 37.6 Å². The van der Waals surface area contributed by atoms with Crippen LogP contribution in [0.15, 0.2) is 85.0 Å². The van der Waals surface area contributed by atoms with E-state index in [0.717, 1.165) is 0 Å². The lowest BCUT2D eigenvalue weighted by Crippen LogP contribution is -2.12. The van der Waals surface area contributed by atoms with Gasteiger partial charge in [0.2, 0.25) is 5.75 Å². The normalized spacial score (nSPS) is 10.3. The third kappa shape index (κ3) is 10.9. The molecule has 0 aliphatic heterocycles. The number of hydrogen-bond acceptors (Lipinski definition) is 10. The van der Waals surface area contributed by atoms with Crippen LogP contribution in [0, 0.1) is 11.6 Å². The zero-order valence-corrected chi connectivity index (χ0v) is 25.3. The summed E-state index contributed by atoms with van der Waals surface area (Å²) in [6.07, 6.45) is 0.860. The fourth-order valence-corrected chi connectivity index (χ4v) is 3.46. The first-order valence-corrected chi connectivity index (χ1v) is 14.0. The molecule has 0 amide bonds. The Morgan fingerprint density at radius 1 is 0.587 bits per heavy atom. The highest BCUT2D eigenvalue weighted by Crippen LogP contribution is 2.29. The Bertz CT molecular complexity index is 1560. The summed E-state index contributed by atoms with van der Waals surface area (Å²) in [5.41, 5.74) is 0.671. The first kappa shape index (κ1) is 35.0. The summed E-state index contributed by atoms with van der Waals surface area (Å²) in [7, 11) is 0. The van der Waals surface area contributed by atoms with Crippen LogP contribution in [0.3, 0.4) is 0 Å². The number of hydrogen-bond donors (Lipinski definition) is 0.